The predicted molar refractivity (Wildman–Crippen MR) is 81.8 cm³/mol. The molecule has 6 heteroatoms. The molecule has 126 valence electrons. The smallest absolute Gasteiger partial charge is 0.230 e. The van der Waals surface area contributed by atoms with Crippen molar-refractivity contribution in [3.63, 3.8) is 0 Å². The van der Waals surface area contributed by atoms with Crippen LogP contribution in [0.5, 0.6) is 0 Å². The fourth-order valence-corrected chi connectivity index (χ4v) is 3.74. The second kappa shape index (κ2) is 6.53. The van der Waals surface area contributed by atoms with Gasteiger partial charge in [-0.2, -0.15) is 0 Å². The van der Waals surface area contributed by atoms with E-state index in [1.165, 1.54) is 12.1 Å². The molecule has 0 N–H and O–H groups in total. The van der Waals surface area contributed by atoms with Crippen molar-refractivity contribution in [2.75, 3.05) is 39.9 Å². The van der Waals surface area contributed by atoms with E-state index in [1.54, 1.807) is 7.11 Å². The Morgan fingerprint density at radius 1 is 1.17 bits per heavy atom. The average molecular weight is 324 g/mol. The summed E-state index contributed by atoms with van der Waals surface area (Å²) >= 11 is 0. The zero-order valence-electron chi connectivity index (χ0n) is 13.4. The van der Waals surface area contributed by atoms with Gasteiger partial charge >= 0.3 is 0 Å². The summed E-state index contributed by atoms with van der Waals surface area (Å²) in [7, 11) is 1.63. The van der Waals surface area contributed by atoms with Crippen molar-refractivity contribution in [2.24, 2.45) is 5.41 Å². The molecule has 1 spiro atoms. The zero-order valence-corrected chi connectivity index (χ0v) is 13.4. The fraction of sp³-hybridized carbons (Fsp3) is 0.588. The number of nitrogens with zero attached hydrogens (tertiary/aromatic N) is 2. The second-order valence-electron chi connectivity index (χ2n) is 6.55. The fourth-order valence-electron chi connectivity index (χ4n) is 3.74. The third-order valence-corrected chi connectivity index (χ3v) is 4.93. The number of amides is 1. The molecule has 0 saturated carbocycles. The summed E-state index contributed by atoms with van der Waals surface area (Å²) in [6.07, 6.45) is 1.66. The quantitative estimate of drug-likeness (QED) is 0.831. The van der Waals surface area contributed by atoms with Crippen molar-refractivity contribution in [3.05, 3.63) is 35.4 Å². The number of hydrogen-bond acceptors (Lipinski definition) is 3. The van der Waals surface area contributed by atoms with E-state index in [9.17, 15) is 13.6 Å². The Bertz CT molecular complexity index is 576. The van der Waals surface area contributed by atoms with Crippen LogP contribution in [0.3, 0.4) is 0 Å². The Balaban J connectivity index is 1.63. The molecular formula is C17H22F2N2O2. The topological polar surface area (TPSA) is 32.8 Å². The maximum atomic E-state index is 13.3. The van der Waals surface area contributed by atoms with E-state index in [1.807, 2.05) is 4.90 Å². The number of ether oxygens (including phenoxy) is 1. The normalized spacial score (nSPS) is 25.0. The van der Waals surface area contributed by atoms with Gasteiger partial charge in [-0.15, -0.1) is 0 Å². The van der Waals surface area contributed by atoms with Gasteiger partial charge in [0.05, 0.1) is 12.0 Å². The lowest BCUT2D eigenvalue weighted by atomic mass is 9.85. The molecular weight excluding hydrogens is 302 g/mol. The monoisotopic (exact) mass is 324 g/mol. The van der Waals surface area contributed by atoms with Gasteiger partial charge < -0.3 is 9.64 Å². The average Bonchev–Trinajstić information content (AvgIpc) is 3.02. The number of carbonyl (C=O) groups excluding carboxylic acids is 1. The van der Waals surface area contributed by atoms with Crippen LogP contribution in [0.25, 0.3) is 0 Å². The van der Waals surface area contributed by atoms with E-state index in [0.29, 0.717) is 31.8 Å². The van der Waals surface area contributed by atoms with E-state index < -0.39 is 11.6 Å². The summed E-state index contributed by atoms with van der Waals surface area (Å²) in [4.78, 5) is 16.7. The highest BCUT2D eigenvalue weighted by atomic mass is 19.1. The Morgan fingerprint density at radius 3 is 2.57 bits per heavy atom. The van der Waals surface area contributed by atoms with Gasteiger partial charge in [0.2, 0.25) is 5.91 Å². The van der Waals surface area contributed by atoms with Gasteiger partial charge in [0.15, 0.2) is 0 Å². The van der Waals surface area contributed by atoms with E-state index in [0.717, 1.165) is 32.0 Å². The lowest BCUT2D eigenvalue weighted by molar-refractivity contribution is -0.136. The third kappa shape index (κ3) is 3.38. The van der Waals surface area contributed by atoms with Crippen LogP contribution in [-0.2, 0) is 16.1 Å². The van der Waals surface area contributed by atoms with Gasteiger partial charge in [-0.05, 0) is 37.1 Å². The first-order chi connectivity index (χ1) is 11.0. The Morgan fingerprint density at radius 2 is 1.87 bits per heavy atom. The molecule has 1 aromatic rings. The molecule has 1 aromatic carbocycles. The number of carbonyl (C=O) groups is 1. The van der Waals surface area contributed by atoms with Crippen molar-refractivity contribution >= 4 is 5.91 Å². The molecule has 0 radical (unpaired) electrons. The summed E-state index contributed by atoms with van der Waals surface area (Å²) in [6.45, 7) is 3.86. The van der Waals surface area contributed by atoms with Crippen molar-refractivity contribution in [3.8, 4) is 0 Å². The molecule has 2 saturated heterocycles. The zero-order chi connectivity index (χ0) is 16.4. The lowest BCUT2D eigenvalue weighted by Gasteiger charge is -2.23. The summed E-state index contributed by atoms with van der Waals surface area (Å²) in [6, 6.07) is 3.59. The number of halogens is 2. The van der Waals surface area contributed by atoms with Crippen molar-refractivity contribution < 1.29 is 18.3 Å². The van der Waals surface area contributed by atoms with Crippen molar-refractivity contribution in [1.82, 2.24) is 9.80 Å². The summed E-state index contributed by atoms with van der Waals surface area (Å²) in [5.41, 5.74) is 0.292. The summed E-state index contributed by atoms with van der Waals surface area (Å²) < 4.78 is 31.6. The van der Waals surface area contributed by atoms with E-state index in [-0.39, 0.29) is 11.3 Å². The van der Waals surface area contributed by atoms with Gasteiger partial charge in [0.1, 0.15) is 11.6 Å². The van der Waals surface area contributed by atoms with Gasteiger partial charge in [0, 0.05) is 39.4 Å². The highest BCUT2D eigenvalue weighted by molar-refractivity contribution is 5.85. The molecule has 4 nitrogen and oxygen atoms in total. The first-order valence-electron chi connectivity index (χ1n) is 7.98. The first-order valence-corrected chi connectivity index (χ1v) is 7.98. The largest absolute Gasteiger partial charge is 0.383 e. The van der Waals surface area contributed by atoms with Crippen LogP contribution in [0.1, 0.15) is 18.4 Å². The molecule has 23 heavy (non-hydrogen) atoms. The standard InChI is InChI=1S/C17H22F2N2O2/c1-23-7-6-21-5-3-17(16(21)22)2-4-20(12-17)11-13-8-14(18)10-15(19)9-13/h8-10H,2-7,11-12H2,1H3. The van der Waals surface area contributed by atoms with E-state index in [2.05, 4.69) is 4.90 Å². The number of rotatable bonds is 5. The van der Waals surface area contributed by atoms with Crippen molar-refractivity contribution in [2.45, 2.75) is 19.4 Å². The molecule has 0 aromatic heterocycles. The molecule has 0 aliphatic carbocycles. The predicted octanol–water partition coefficient (Wildman–Crippen LogP) is 2.04. The van der Waals surface area contributed by atoms with Gasteiger partial charge in [0.25, 0.3) is 0 Å². The van der Waals surface area contributed by atoms with Crippen LogP contribution in [0.2, 0.25) is 0 Å². The molecule has 1 atom stereocenters. The summed E-state index contributed by atoms with van der Waals surface area (Å²) in [5, 5.41) is 0. The number of benzene rings is 1. The molecule has 2 heterocycles. The van der Waals surface area contributed by atoms with E-state index in [4.69, 9.17) is 4.74 Å². The van der Waals surface area contributed by atoms with Crippen LogP contribution in [0, 0.1) is 17.0 Å². The Kier molecular flexibility index (Phi) is 4.64. The Hall–Kier alpha value is -1.53. The molecule has 1 amide bonds. The Labute approximate surface area is 135 Å². The van der Waals surface area contributed by atoms with Crippen LogP contribution in [-0.4, -0.2) is 55.6 Å². The SMILES string of the molecule is COCCN1CCC2(CCN(Cc3cc(F)cc(F)c3)C2)C1=O. The maximum Gasteiger partial charge on any atom is 0.230 e. The van der Waals surface area contributed by atoms with Gasteiger partial charge in [-0.25, -0.2) is 8.78 Å². The molecule has 2 aliphatic heterocycles. The minimum atomic E-state index is -0.559. The summed E-state index contributed by atoms with van der Waals surface area (Å²) in [5.74, 6) is -0.921. The molecule has 2 fully saturated rings. The minimum Gasteiger partial charge on any atom is -0.383 e. The third-order valence-electron chi connectivity index (χ3n) is 4.93. The highest BCUT2D eigenvalue weighted by Crippen LogP contribution is 2.41. The van der Waals surface area contributed by atoms with Crippen molar-refractivity contribution in [1.29, 1.82) is 0 Å². The molecule has 2 aliphatic rings. The minimum absolute atomic E-state index is 0.197. The molecule has 3 rings (SSSR count). The van der Waals surface area contributed by atoms with Crippen LogP contribution in [0.4, 0.5) is 8.78 Å². The van der Waals surface area contributed by atoms with Crippen LogP contribution >= 0.6 is 0 Å². The number of hydrogen-bond donors (Lipinski definition) is 0. The van der Waals surface area contributed by atoms with Crippen LogP contribution in [0.15, 0.2) is 18.2 Å². The second-order valence-corrected chi connectivity index (χ2v) is 6.55. The molecule has 0 bridgehead atoms. The van der Waals surface area contributed by atoms with E-state index >= 15 is 0 Å². The lowest BCUT2D eigenvalue weighted by Crippen LogP contribution is -2.38. The van der Waals surface area contributed by atoms with Gasteiger partial charge in [-0.3, -0.25) is 9.69 Å². The van der Waals surface area contributed by atoms with Crippen LogP contribution < -0.4 is 0 Å². The number of methoxy groups -OCH3 is 1. The number of likely N-dealkylation sites (tertiary alicyclic amines) is 2. The highest BCUT2D eigenvalue weighted by Gasteiger charge is 2.50. The first kappa shape index (κ1) is 16.3. The maximum absolute atomic E-state index is 13.3. The van der Waals surface area contributed by atoms with Gasteiger partial charge in [-0.1, -0.05) is 0 Å². The molecule has 1 unspecified atom stereocenters.